The van der Waals surface area contributed by atoms with Gasteiger partial charge in [-0.25, -0.2) is 4.79 Å². The fourth-order valence-corrected chi connectivity index (χ4v) is 2.50. The zero-order chi connectivity index (χ0) is 11.2. The molecule has 4 nitrogen and oxygen atoms in total. The highest BCUT2D eigenvalue weighted by Crippen LogP contribution is 2.38. The molecule has 0 radical (unpaired) electrons. The van der Waals surface area contributed by atoms with Gasteiger partial charge in [-0.1, -0.05) is 13.8 Å². The molecule has 1 heterocycles. The van der Waals surface area contributed by atoms with E-state index < -0.39 is 0 Å². The lowest BCUT2D eigenvalue weighted by Crippen LogP contribution is -2.34. The molecule has 1 aliphatic carbocycles. The molecule has 0 bridgehead atoms. The van der Waals surface area contributed by atoms with Crippen LogP contribution in [0.4, 0.5) is 0 Å². The number of hydrogen-bond acceptors (Lipinski definition) is 3. The fourth-order valence-electron chi connectivity index (χ4n) is 2.50. The molecule has 3 N–H and O–H groups in total. The number of aromatic nitrogens is 2. The SMILES string of the molecule is Cc1[nH]c(=O)nc2c1C(N)CC(C)(C)C2. The predicted octanol–water partition coefficient (Wildman–Crippen LogP) is 1.05. The van der Waals surface area contributed by atoms with Crippen molar-refractivity contribution in [1.82, 2.24) is 9.97 Å². The second kappa shape index (κ2) is 3.17. The lowest BCUT2D eigenvalue weighted by atomic mass is 9.74. The van der Waals surface area contributed by atoms with E-state index in [1.54, 1.807) is 0 Å². The van der Waals surface area contributed by atoms with E-state index in [0.29, 0.717) is 0 Å². The Bertz CT molecular complexity index is 448. The third-order valence-corrected chi connectivity index (χ3v) is 3.04. The molecule has 0 amide bonds. The molecule has 1 aromatic heterocycles. The van der Waals surface area contributed by atoms with E-state index >= 15 is 0 Å². The smallest absolute Gasteiger partial charge is 0.324 e. The van der Waals surface area contributed by atoms with E-state index in [1.165, 1.54) is 0 Å². The van der Waals surface area contributed by atoms with Gasteiger partial charge in [-0.05, 0) is 25.2 Å². The van der Waals surface area contributed by atoms with Crippen LogP contribution in [0.3, 0.4) is 0 Å². The van der Waals surface area contributed by atoms with E-state index in [-0.39, 0.29) is 17.1 Å². The molecule has 0 saturated carbocycles. The number of nitrogens with zero attached hydrogens (tertiary/aromatic N) is 1. The summed E-state index contributed by atoms with van der Waals surface area (Å²) in [5, 5.41) is 0. The van der Waals surface area contributed by atoms with Crippen molar-refractivity contribution < 1.29 is 0 Å². The van der Waals surface area contributed by atoms with Gasteiger partial charge in [0.25, 0.3) is 0 Å². The molecule has 0 saturated heterocycles. The van der Waals surface area contributed by atoms with Crippen LogP contribution in [0, 0.1) is 12.3 Å². The Morgan fingerprint density at radius 1 is 1.53 bits per heavy atom. The van der Waals surface area contributed by atoms with Gasteiger partial charge >= 0.3 is 5.69 Å². The molecule has 0 aromatic carbocycles. The summed E-state index contributed by atoms with van der Waals surface area (Å²) in [7, 11) is 0. The van der Waals surface area contributed by atoms with Gasteiger partial charge in [0.2, 0.25) is 0 Å². The summed E-state index contributed by atoms with van der Waals surface area (Å²) in [5.74, 6) is 0. The number of aryl methyl sites for hydroxylation is 1. The lowest BCUT2D eigenvalue weighted by molar-refractivity contribution is 0.276. The van der Waals surface area contributed by atoms with E-state index in [0.717, 1.165) is 29.8 Å². The van der Waals surface area contributed by atoms with E-state index in [9.17, 15) is 4.79 Å². The first kappa shape index (κ1) is 10.4. The molecule has 0 spiro atoms. The van der Waals surface area contributed by atoms with Crippen molar-refractivity contribution in [2.45, 2.75) is 39.7 Å². The number of H-pyrrole nitrogens is 1. The Morgan fingerprint density at radius 3 is 2.87 bits per heavy atom. The molecule has 4 heteroatoms. The number of nitrogens with one attached hydrogen (secondary N) is 1. The van der Waals surface area contributed by atoms with Crippen molar-refractivity contribution in [2.75, 3.05) is 0 Å². The number of nitrogens with two attached hydrogens (primary N) is 1. The van der Waals surface area contributed by atoms with Gasteiger partial charge in [-0.3, -0.25) is 0 Å². The summed E-state index contributed by atoms with van der Waals surface area (Å²) in [6, 6.07) is -0.00639. The van der Waals surface area contributed by atoms with Gasteiger partial charge < -0.3 is 10.7 Å². The highest BCUT2D eigenvalue weighted by Gasteiger charge is 2.32. The number of rotatable bonds is 0. The van der Waals surface area contributed by atoms with Crippen LogP contribution >= 0.6 is 0 Å². The van der Waals surface area contributed by atoms with Crippen LogP contribution in [0.25, 0.3) is 0 Å². The highest BCUT2D eigenvalue weighted by molar-refractivity contribution is 5.30. The van der Waals surface area contributed by atoms with Crippen molar-refractivity contribution in [3.63, 3.8) is 0 Å². The predicted molar refractivity (Wildman–Crippen MR) is 58.6 cm³/mol. The molecule has 15 heavy (non-hydrogen) atoms. The molecular weight excluding hydrogens is 190 g/mol. The minimum absolute atomic E-state index is 0.00639. The van der Waals surface area contributed by atoms with E-state index in [2.05, 4.69) is 23.8 Å². The topological polar surface area (TPSA) is 71.8 Å². The first-order chi connectivity index (χ1) is 6.89. The monoisotopic (exact) mass is 207 g/mol. The average molecular weight is 207 g/mol. The Labute approximate surface area is 88.9 Å². The molecule has 1 aromatic rings. The van der Waals surface area contributed by atoms with Crippen molar-refractivity contribution in [3.05, 3.63) is 27.4 Å². The molecular formula is C11H17N3O. The first-order valence-electron chi connectivity index (χ1n) is 5.24. The van der Waals surface area contributed by atoms with Gasteiger partial charge in [0, 0.05) is 17.3 Å². The third kappa shape index (κ3) is 1.81. The maximum absolute atomic E-state index is 11.3. The summed E-state index contributed by atoms with van der Waals surface area (Å²) < 4.78 is 0. The summed E-state index contributed by atoms with van der Waals surface area (Å²) in [6.07, 6.45) is 1.77. The normalized spacial score (nSPS) is 23.6. The molecule has 1 aliphatic rings. The molecule has 2 rings (SSSR count). The van der Waals surface area contributed by atoms with Crippen LogP contribution in [0.15, 0.2) is 4.79 Å². The Morgan fingerprint density at radius 2 is 2.20 bits per heavy atom. The van der Waals surface area contributed by atoms with Gasteiger partial charge in [0.05, 0.1) is 5.69 Å². The van der Waals surface area contributed by atoms with Crippen LogP contribution in [-0.4, -0.2) is 9.97 Å². The molecule has 82 valence electrons. The summed E-state index contributed by atoms with van der Waals surface area (Å²) in [4.78, 5) is 18.0. The average Bonchev–Trinajstić information content (AvgIpc) is 1.97. The zero-order valence-electron chi connectivity index (χ0n) is 9.42. The summed E-state index contributed by atoms with van der Waals surface area (Å²) >= 11 is 0. The Balaban J connectivity index is 2.60. The number of hydrogen-bond donors (Lipinski definition) is 2. The Hall–Kier alpha value is -1.16. The second-order valence-corrected chi connectivity index (χ2v) is 5.18. The second-order valence-electron chi connectivity index (χ2n) is 5.18. The molecule has 0 aliphatic heterocycles. The van der Waals surface area contributed by atoms with Gasteiger partial charge in [-0.2, -0.15) is 4.98 Å². The maximum atomic E-state index is 11.3. The highest BCUT2D eigenvalue weighted by atomic mass is 16.1. The van der Waals surface area contributed by atoms with Crippen molar-refractivity contribution >= 4 is 0 Å². The van der Waals surface area contributed by atoms with Crippen molar-refractivity contribution in [1.29, 1.82) is 0 Å². The fraction of sp³-hybridized carbons (Fsp3) is 0.636. The first-order valence-corrected chi connectivity index (χ1v) is 5.24. The van der Waals surface area contributed by atoms with Crippen LogP contribution in [0.2, 0.25) is 0 Å². The van der Waals surface area contributed by atoms with E-state index in [4.69, 9.17) is 5.73 Å². The molecule has 0 fully saturated rings. The molecule has 1 atom stereocenters. The summed E-state index contributed by atoms with van der Waals surface area (Å²) in [5.41, 5.74) is 8.76. The van der Waals surface area contributed by atoms with Crippen LogP contribution in [0.1, 0.15) is 43.3 Å². The van der Waals surface area contributed by atoms with Crippen LogP contribution < -0.4 is 11.4 Å². The van der Waals surface area contributed by atoms with Gasteiger partial charge in [-0.15, -0.1) is 0 Å². The molecule has 1 unspecified atom stereocenters. The Kier molecular flexibility index (Phi) is 2.19. The minimum Gasteiger partial charge on any atom is -0.324 e. The van der Waals surface area contributed by atoms with Crippen LogP contribution in [0.5, 0.6) is 0 Å². The lowest BCUT2D eigenvalue weighted by Gasteiger charge is -2.34. The largest absolute Gasteiger partial charge is 0.345 e. The maximum Gasteiger partial charge on any atom is 0.345 e. The third-order valence-electron chi connectivity index (χ3n) is 3.04. The standard InChI is InChI=1S/C11H17N3O/c1-6-9-7(12)4-11(2,3)5-8(9)14-10(15)13-6/h7H,4-5,12H2,1-3H3,(H,13,14,15). The quantitative estimate of drug-likeness (QED) is 0.668. The minimum atomic E-state index is -0.267. The van der Waals surface area contributed by atoms with Crippen molar-refractivity contribution in [3.8, 4) is 0 Å². The summed E-state index contributed by atoms with van der Waals surface area (Å²) in [6.45, 7) is 6.21. The van der Waals surface area contributed by atoms with Gasteiger partial charge in [0.15, 0.2) is 0 Å². The van der Waals surface area contributed by atoms with E-state index in [1.807, 2.05) is 6.92 Å². The zero-order valence-corrected chi connectivity index (χ0v) is 9.42. The van der Waals surface area contributed by atoms with Crippen LogP contribution in [-0.2, 0) is 6.42 Å². The van der Waals surface area contributed by atoms with Crippen molar-refractivity contribution in [2.24, 2.45) is 11.1 Å². The number of aromatic amines is 1. The van der Waals surface area contributed by atoms with Gasteiger partial charge in [0.1, 0.15) is 0 Å². The number of fused-ring (bicyclic) bond motifs is 1.